The number of rotatable bonds is 5. The molecule has 2 N–H and O–H groups in total. The molecule has 22 heavy (non-hydrogen) atoms. The molecule has 0 radical (unpaired) electrons. The molecule has 1 amide bonds. The minimum atomic E-state index is -0.415. The molecule has 0 atom stereocenters. The van der Waals surface area contributed by atoms with Gasteiger partial charge < -0.3 is 10.3 Å². The standard InChI is InChI=1S/C15H16FN3O2S/c1-3-12-9(2)17-15(19-14(12)21)22-8-13(20)18-11-6-4-5-10(16)7-11/h4-7H,3,8H2,1-2H3,(H,18,20)(H,17,19,21). The van der Waals surface area contributed by atoms with Crippen LogP contribution in [0.15, 0.2) is 34.2 Å². The lowest BCUT2D eigenvalue weighted by Crippen LogP contribution is -2.18. The van der Waals surface area contributed by atoms with Crippen LogP contribution < -0.4 is 10.9 Å². The van der Waals surface area contributed by atoms with E-state index in [4.69, 9.17) is 0 Å². The van der Waals surface area contributed by atoms with E-state index in [1.807, 2.05) is 6.92 Å². The molecule has 2 rings (SSSR count). The highest BCUT2D eigenvalue weighted by atomic mass is 32.2. The first-order chi connectivity index (χ1) is 10.5. The Morgan fingerprint density at radius 2 is 2.23 bits per heavy atom. The highest BCUT2D eigenvalue weighted by Gasteiger charge is 2.09. The Labute approximate surface area is 131 Å². The Hall–Kier alpha value is -2.15. The average Bonchev–Trinajstić information content (AvgIpc) is 2.45. The molecule has 0 aliphatic carbocycles. The number of hydrogen-bond donors (Lipinski definition) is 2. The minimum absolute atomic E-state index is 0.0738. The van der Waals surface area contributed by atoms with E-state index >= 15 is 0 Å². The zero-order valence-corrected chi connectivity index (χ0v) is 13.1. The van der Waals surface area contributed by atoms with Gasteiger partial charge in [-0.3, -0.25) is 9.59 Å². The van der Waals surface area contributed by atoms with Gasteiger partial charge in [0.25, 0.3) is 5.56 Å². The maximum Gasteiger partial charge on any atom is 0.254 e. The third kappa shape index (κ3) is 4.17. The van der Waals surface area contributed by atoms with E-state index in [0.717, 1.165) is 11.8 Å². The number of benzene rings is 1. The number of anilines is 1. The van der Waals surface area contributed by atoms with Gasteiger partial charge in [0.1, 0.15) is 5.82 Å². The van der Waals surface area contributed by atoms with Gasteiger partial charge in [0.05, 0.1) is 5.75 Å². The number of carbonyl (C=O) groups excluding carboxylic acids is 1. The van der Waals surface area contributed by atoms with Crippen LogP contribution in [-0.2, 0) is 11.2 Å². The molecule has 0 aliphatic heterocycles. The topological polar surface area (TPSA) is 74.8 Å². The van der Waals surface area contributed by atoms with Crippen LogP contribution in [-0.4, -0.2) is 21.6 Å². The van der Waals surface area contributed by atoms with Crippen LogP contribution in [0.4, 0.5) is 10.1 Å². The van der Waals surface area contributed by atoms with E-state index < -0.39 is 5.82 Å². The molecule has 0 saturated heterocycles. The first-order valence-corrected chi connectivity index (χ1v) is 7.76. The van der Waals surface area contributed by atoms with Gasteiger partial charge in [0.2, 0.25) is 5.91 Å². The summed E-state index contributed by atoms with van der Waals surface area (Å²) in [5, 5.41) is 2.98. The monoisotopic (exact) mass is 321 g/mol. The van der Waals surface area contributed by atoms with E-state index in [0.29, 0.717) is 28.5 Å². The van der Waals surface area contributed by atoms with Crippen molar-refractivity contribution in [3.63, 3.8) is 0 Å². The number of aromatic nitrogens is 2. The fourth-order valence-electron chi connectivity index (χ4n) is 1.97. The molecule has 1 aromatic carbocycles. The Balaban J connectivity index is 1.98. The molecule has 5 nitrogen and oxygen atoms in total. The van der Waals surface area contributed by atoms with Crippen molar-refractivity contribution in [1.82, 2.24) is 9.97 Å². The molecule has 0 bridgehead atoms. The summed E-state index contributed by atoms with van der Waals surface area (Å²) in [7, 11) is 0. The van der Waals surface area contributed by atoms with Gasteiger partial charge in [-0.1, -0.05) is 24.8 Å². The number of aromatic amines is 1. The second-order valence-electron chi connectivity index (χ2n) is 4.64. The van der Waals surface area contributed by atoms with Crippen molar-refractivity contribution in [1.29, 1.82) is 0 Å². The maximum atomic E-state index is 13.0. The van der Waals surface area contributed by atoms with Crippen molar-refractivity contribution in [2.45, 2.75) is 25.4 Å². The number of halogens is 1. The molecule has 0 unspecified atom stereocenters. The van der Waals surface area contributed by atoms with Crippen LogP contribution in [0, 0.1) is 12.7 Å². The zero-order chi connectivity index (χ0) is 16.1. The summed E-state index contributed by atoms with van der Waals surface area (Å²) in [6.45, 7) is 3.66. The van der Waals surface area contributed by atoms with Crippen LogP contribution in [0.25, 0.3) is 0 Å². The minimum Gasteiger partial charge on any atom is -0.325 e. The van der Waals surface area contributed by atoms with Crippen LogP contribution in [0.2, 0.25) is 0 Å². The fraction of sp³-hybridized carbons (Fsp3) is 0.267. The fourth-order valence-corrected chi connectivity index (χ4v) is 2.67. The lowest BCUT2D eigenvalue weighted by atomic mass is 10.2. The summed E-state index contributed by atoms with van der Waals surface area (Å²) in [6, 6.07) is 5.66. The molecule has 1 aromatic heterocycles. The Morgan fingerprint density at radius 3 is 2.86 bits per heavy atom. The molecular weight excluding hydrogens is 305 g/mol. The van der Waals surface area contributed by atoms with Gasteiger partial charge in [-0.15, -0.1) is 0 Å². The summed E-state index contributed by atoms with van der Waals surface area (Å²) in [4.78, 5) is 30.5. The van der Waals surface area contributed by atoms with Gasteiger partial charge in [0.15, 0.2) is 5.16 Å². The second kappa shape index (κ2) is 7.22. The summed E-state index contributed by atoms with van der Waals surface area (Å²) >= 11 is 1.13. The van der Waals surface area contributed by atoms with Crippen molar-refractivity contribution in [3.8, 4) is 0 Å². The number of nitrogens with one attached hydrogen (secondary N) is 2. The quantitative estimate of drug-likeness (QED) is 0.655. The number of aryl methyl sites for hydroxylation is 1. The Morgan fingerprint density at radius 1 is 1.45 bits per heavy atom. The number of nitrogens with zero attached hydrogens (tertiary/aromatic N) is 1. The maximum absolute atomic E-state index is 13.0. The highest BCUT2D eigenvalue weighted by Crippen LogP contribution is 2.14. The first-order valence-electron chi connectivity index (χ1n) is 6.77. The van der Waals surface area contributed by atoms with Gasteiger partial charge in [-0.05, 0) is 31.5 Å². The van der Waals surface area contributed by atoms with E-state index in [2.05, 4.69) is 15.3 Å². The Bertz CT molecular complexity index is 746. The van der Waals surface area contributed by atoms with Gasteiger partial charge in [-0.2, -0.15) is 0 Å². The van der Waals surface area contributed by atoms with Crippen LogP contribution in [0.1, 0.15) is 18.2 Å². The van der Waals surface area contributed by atoms with Crippen molar-refractivity contribution in [3.05, 3.63) is 51.7 Å². The number of thioether (sulfide) groups is 1. The highest BCUT2D eigenvalue weighted by molar-refractivity contribution is 7.99. The predicted molar refractivity (Wildman–Crippen MR) is 84.7 cm³/mol. The molecular formula is C15H16FN3O2S. The lowest BCUT2D eigenvalue weighted by molar-refractivity contribution is -0.113. The SMILES string of the molecule is CCc1c(C)nc(SCC(=O)Nc2cccc(F)c2)[nH]c1=O. The molecule has 2 aromatic rings. The molecule has 0 aliphatic rings. The number of H-pyrrole nitrogens is 1. The molecule has 1 heterocycles. The summed E-state index contributed by atoms with van der Waals surface area (Å²) in [5.41, 5.74) is 1.53. The van der Waals surface area contributed by atoms with Crippen LogP contribution >= 0.6 is 11.8 Å². The second-order valence-corrected chi connectivity index (χ2v) is 5.60. The molecule has 7 heteroatoms. The zero-order valence-electron chi connectivity index (χ0n) is 12.3. The number of carbonyl (C=O) groups is 1. The molecule has 116 valence electrons. The molecule has 0 fully saturated rings. The van der Waals surface area contributed by atoms with E-state index in [1.165, 1.54) is 18.2 Å². The normalized spacial score (nSPS) is 10.5. The number of amides is 1. The Kier molecular flexibility index (Phi) is 5.32. The summed E-state index contributed by atoms with van der Waals surface area (Å²) in [6.07, 6.45) is 0.610. The number of hydrogen-bond acceptors (Lipinski definition) is 4. The van der Waals surface area contributed by atoms with Crippen molar-refractivity contribution >= 4 is 23.4 Å². The smallest absolute Gasteiger partial charge is 0.254 e. The summed E-state index contributed by atoms with van der Waals surface area (Å²) < 4.78 is 13.0. The summed E-state index contributed by atoms with van der Waals surface area (Å²) in [5.74, 6) is -0.637. The van der Waals surface area contributed by atoms with Crippen molar-refractivity contribution in [2.24, 2.45) is 0 Å². The van der Waals surface area contributed by atoms with E-state index in [-0.39, 0.29) is 17.2 Å². The largest absolute Gasteiger partial charge is 0.325 e. The van der Waals surface area contributed by atoms with Gasteiger partial charge in [-0.25, -0.2) is 9.37 Å². The van der Waals surface area contributed by atoms with Gasteiger partial charge >= 0.3 is 0 Å². The van der Waals surface area contributed by atoms with Gasteiger partial charge in [0, 0.05) is 16.9 Å². The lowest BCUT2D eigenvalue weighted by Gasteiger charge is -2.06. The third-order valence-corrected chi connectivity index (χ3v) is 3.88. The van der Waals surface area contributed by atoms with Crippen molar-refractivity contribution < 1.29 is 9.18 Å². The first kappa shape index (κ1) is 16.2. The molecule has 0 spiro atoms. The van der Waals surface area contributed by atoms with Crippen molar-refractivity contribution in [2.75, 3.05) is 11.1 Å². The van der Waals surface area contributed by atoms with Crippen LogP contribution in [0.5, 0.6) is 0 Å². The molecule has 0 saturated carbocycles. The van der Waals surface area contributed by atoms with E-state index in [9.17, 15) is 14.0 Å². The van der Waals surface area contributed by atoms with E-state index in [1.54, 1.807) is 13.0 Å². The third-order valence-electron chi connectivity index (χ3n) is 3.00. The van der Waals surface area contributed by atoms with Crippen LogP contribution in [0.3, 0.4) is 0 Å². The predicted octanol–water partition coefficient (Wildman–Crippen LogP) is 2.51. The average molecular weight is 321 g/mol.